The van der Waals surface area contributed by atoms with Gasteiger partial charge < -0.3 is 14.2 Å². The van der Waals surface area contributed by atoms with Gasteiger partial charge in [-0.15, -0.1) is 0 Å². The highest BCUT2D eigenvalue weighted by molar-refractivity contribution is 5.71. The first-order chi connectivity index (χ1) is 29.9. The first-order valence-electron chi connectivity index (χ1n) is 27.4. The molecule has 0 saturated carbocycles. The fraction of sp³-hybridized carbons (Fsp3) is 0.945. The van der Waals surface area contributed by atoms with Crippen molar-refractivity contribution in [2.75, 3.05) is 13.2 Å². The van der Waals surface area contributed by atoms with Gasteiger partial charge in [0.05, 0.1) is 0 Å². The number of carbonyl (C=O) groups is 3. The molecule has 0 aliphatic heterocycles. The molecule has 6 heteroatoms. The number of ether oxygens (including phenoxy) is 3. The highest BCUT2D eigenvalue weighted by Crippen LogP contribution is 2.17. The maximum atomic E-state index is 12.8. The molecule has 0 rings (SSSR count). The number of esters is 3. The molecule has 0 heterocycles. The zero-order chi connectivity index (χ0) is 44.5. The summed E-state index contributed by atoms with van der Waals surface area (Å²) in [5.74, 6) is 0.00354. The van der Waals surface area contributed by atoms with E-state index in [1.54, 1.807) is 0 Å². The Hall–Kier alpha value is -1.59. The maximum absolute atomic E-state index is 12.8. The molecule has 0 fully saturated rings. The van der Waals surface area contributed by atoms with Gasteiger partial charge in [-0.1, -0.05) is 272 Å². The molecule has 0 bridgehead atoms. The molecule has 0 aromatic rings. The minimum absolute atomic E-state index is 0.0622. The van der Waals surface area contributed by atoms with Gasteiger partial charge in [0.25, 0.3) is 0 Å². The van der Waals surface area contributed by atoms with E-state index in [0.717, 1.165) is 63.7 Å². The van der Waals surface area contributed by atoms with Gasteiger partial charge in [0.2, 0.25) is 0 Å². The lowest BCUT2D eigenvalue weighted by Gasteiger charge is -2.18. The fourth-order valence-electron chi connectivity index (χ4n) is 8.39. The van der Waals surface area contributed by atoms with Gasteiger partial charge in [0.15, 0.2) is 6.10 Å². The summed E-state index contributed by atoms with van der Waals surface area (Å²) in [6, 6.07) is 0. The molecule has 0 aliphatic rings. The van der Waals surface area contributed by atoms with Crippen LogP contribution in [0.5, 0.6) is 0 Å². The summed E-state index contributed by atoms with van der Waals surface area (Å²) in [5, 5.41) is 0. The maximum Gasteiger partial charge on any atom is 0.306 e. The highest BCUT2D eigenvalue weighted by atomic mass is 16.6. The summed E-state index contributed by atoms with van der Waals surface area (Å²) in [7, 11) is 0. The molecule has 0 spiro atoms. The summed E-state index contributed by atoms with van der Waals surface area (Å²) >= 11 is 0. The molecule has 0 aromatic heterocycles. The Morgan fingerprint density at radius 1 is 0.311 bits per heavy atom. The van der Waals surface area contributed by atoms with Crippen molar-refractivity contribution in [2.24, 2.45) is 5.92 Å². The molecular formula is C55H106O6. The minimum Gasteiger partial charge on any atom is -0.462 e. The highest BCUT2D eigenvalue weighted by Gasteiger charge is 2.19. The SMILES string of the molecule is CCCCCCCCCCCCCCCCCC(=O)OC[C@@H](COC(=O)CCCCCCCCCCCCC)OC(=O)CCCCCCCCCCCCCCCCC(C)C. The Kier molecular flexibility index (Phi) is 48.1. The van der Waals surface area contributed by atoms with E-state index >= 15 is 0 Å². The molecule has 61 heavy (non-hydrogen) atoms. The average Bonchev–Trinajstić information content (AvgIpc) is 3.24. The molecule has 0 unspecified atom stereocenters. The largest absolute Gasteiger partial charge is 0.462 e. The van der Waals surface area contributed by atoms with E-state index in [4.69, 9.17) is 14.2 Å². The molecule has 0 N–H and O–H groups in total. The van der Waals surface area contributed by atoms with Crippen LogP contribution in [-0.2, 0) is 28.6 Å². The Labute approximate surface area is 380 Å². The van der Waals surface area contributed by atoms with Crippen LogP contribution in [0.4, 0.5) is 0 Å². The average molecular weight is 863 g/mol. The molecular weight excluding hydrogens is 757 g/mol. The fourth-order valence-corrected chi connectivity index (χ4v) is 8.39. The number of hydrogen-bond donors (Lipinski definition) is 0. The van der Waals surface area contributed by atoms with Crippen LogP contribution in [0.15, 0.2) is 0 Å². The molecule has 1 atom stereocenters. The lowest BCUT2D eigenvalue weighted by Crippen LogP contribution is -2.30. The second-order valence-corrected chi connectivity index (χ2v) is 19.3. The van der Waals surface area contributed by atoms with Gasteiger partial charge in [-0.25, -0.2) is 0 Å². The van der Waals surface area contributed by atoms with Crippen LogP contribution in [0.3, 0.4) is 0 Å². The lowest BCUT2D eigenvalue weighted by atomic mass is 10.0. The topological polar surface area (TPSA) is 78.9 Å². The van der Waals surface area contributed by atoms with Crippen molar-refractivity contribution in [2.45, 2.75) is 316 Å². The molecule has 0 aromatic carbocycles. The van der Waals surface area contributed by atoms with Crippen LogP contribution >= 0.6 is 0 Å². The second kappa shape index (κ2) is 49.4. The Balaban J connectivity index is 4.28. The second-order valence-electron chi connectivity index (χ2n) is 19.3. The molecule has 0 saturated heterocycles. The van der Waals surface area contributed by atoms with Gasteiger partial charge in [0, 0.05) is 19.3 Å². The minimum atomic E-state index is -0.761. The van der Waals surface area contributed by atoms with E-state index in [1.165, 1.54) is 205 Å². The molecule has 362 valence electrons. The Morgan fingerprint density at radius 3 is 0.803 bits per heavy atom. The van der Waals surface area contributed by atoms with Gasteiger partial charge in [-0.05, 0) is 25.2 Å². The number of rotatable bonds is 50. The normalized spacial score (nSPS) is 12.0. The predicted molar refractivity (Wildman–Crippen MR) is 261 cm³/mol. The van der Waals surface area contributed by atoms with Crippen molar-refractivity contribution in [3.63, 3.8) is 0 Å². The Morgan fingerprint density at radius 2 is 0.541 bits per heavy atom. The van der Waals surface area contributed by atoms with Crippen molar-refractivity contribution >= 4 is 17.9 Å². The van der Waals surface area contributed by atoms with E-state index in [2.05, 4.69) is 27.7 Å². The van der Waals surface area contributed by atoms with Crippen LogP contribution in [0, 0.1) is 5.92 Å². The number of hydrogen-bond acceptors (Lipinski definition) is 6. The zero-order valence-corrected chi connectivity index (χ0v) is 41.6. The van der Waals surface area contributed by atoms with E-state index in [9.17, 15) is 14.4 Å². The third-order valence-corrected chi connectivity index (χ3v) is 12.5. The molecule has 0 amide bonds. The third kappa shape index (κ3) is 49.3. The molecule has 6 nitrogen and oxygen atoms in total. The van der Waals surface area contributed by atoms with Crippen molar-refractivity contribution in [3.8, 4) is 0 Å². The van der Waals surface area contributed by atoms with Gasteiger partial charge in [0.1, 0.15) is 13.2 Å². The van der Waals surface area contributed by atoms with Crippen molar-refractivity contribution in [1.29, 1.82) is 0 Å². The van der Waals surface area contributed by atoms with Crippen LogP contribution in [-0.4, -0.2) is 37.2 Å². The van der Waals surface area contributed by atoms with E-state index in [1.807, 2.05) is 0 Å². The monoisotopic (exact) mass is 863 g/mol. The number of unbranched alkanes of at least 4 members (excludes halogenated alkanes) is 37. The summed E-state index contributed by atoms with van der Waals surface area (Å²) in [6.45, 7) is 9.05. The molecule has 0 aliphatic carbocycles. The van der Waals surface area contributed by atoms with Crippen LogP contribution in [0.1, 0.15) is 310 Å². The Bertz CT molecular complexity index is 918. The van der Waals surface area contributed by atoms with Gasteiger partial charge in [-0.2, -0.15) is 0 Å². The summed E-state index contributed by atoms with van der Waals surface area (Å²) in [4.78, 5) is 38.0. The lowest BCUT2D eigenvalue weighted by molar-refractivity contribution is -0.167. The van der Waals surface area contributed by atoms with Crippen LogP contribution in [0.25, 0.3) is 0 Å². The summed E-state index contributed by atoms with van der Waals surface area (Å²) in [6.07, 6.45) is 52.3. The van der Waals surface area contributed by atoms with Crippen molar-refractivity contribution in [1.82, 2.24) is 0 Å². The summed E-state index contributed by atoms with van der Waals surface area (Å²) in [5.41, 5.74) is 0. The third-order valence-electron chi connectivity index (χ3n) is 12.5. The van der Waals surface area contributed by atoms with Crippen LogP contribution in [0.2, 0.25) is 0 Å². The first-order valence-corrected chi connectivity index (χ1v) is 27.4. The first kappa shape index (κ1) is 59.4. The van der Waals surface area contributed by atoms with Crippen molar-refractivity contribution < 1.29 is 28.6 Å². The quantitative estimate of drug-likeness (QED) is 0.0344. The van der Waals surface area contributed by atoms with Gasteiger partial charge >= 0.3 is 17.9 Å². The predicted octanol–water partition coefficient (Wildman–Crippen LogP) is 17.8. The smallest absolute Gasteiger partial charge is 0.306 e. The molecule has 0 radical (unpaired) electrons. The van der Waals surface area contributed by atoms with Crippen molar-refractivity contribution in [3.05, 3.63) is 0 Å². The summed E-state index contributed by atoms with van der Waals surface area (Å²) < 4.78 is 16.8. The van der Waals surface area contributed by atoms with Gasteiger partial charge in [-0.3, -0.25) is 14.4 Å². The zero-order valence-electron chi connectivity index (χ0n) is 41.6. The van der Waals surface area contributed by atoms with E-state index in [-0.39, 0.29) is 31.1 Å². The number of carbonyl (C=O) groups excluding carboxylic acids is 3. The van der Waals surface area contributed by atoms with E-state index < -0.39 is 6.10 Å². The standard InChI is InChI=1S/C55H106O6/c1-5-7-9-11-13-15-17-18-19-23-27-31-35-39-43-47-54(57)60-50-52(49-59-53(56)46-42-38-34-30-25-16-14-12-10-8-6-2)61-55(58)48-44-40-36-32-28-24-21-20-22-26-29-33-37-41-45-51(3)4/h51-52H,5-50H2,1-4H3/t52-/m1/s1. The van der Waals surface area contributed by atoms with Crippen LogP contribution < -0.4 is 0 Å². The van der Waals surface area contributed by atoms with E-state index in [0.29, 0.717) is 19.3 Å².